The van der Waals surface area contributed by atoms with Gasteiger partial charge in [0.15, 0.2) is 5.12 Å². The molecule has 1 aliphatic rings. The first-order chi connectivity index (χ1) is 6.22. The Morgan fingerprint density at radius 1 is 1.46 bits per heavy atom. The summed E-state index contributed by atoms with van der Waals surface area (Å²) in [5.74, 6) is 3.53. The molecule has 1 rings (SSSR count). The molecule has 1 saturated carbocycles. The van der Waals surface area contributed by atoms with Crippen LogP contribution in [0.3, 0.4) is 0 Å². The second-order valence-corrected chi connectivity index (χ2v) is 5.03. The zero-order chi connectivity index (χ0) is 9.68. The molecule has 0 spiro atoms. The van der Waals surface area contributed by atoms with Crippen LogP contribution in [0.1, 0.15) is 46.0 Å². The normalized spacial score (nSPS) is 20.5. The van der Waals surface area contributed by atoms with E-state index in [0.29, 0.717) is 0 Å². The summed E-state index contributed by atoms with van der Waals surface area (Å²) in [5.41, 5.74) is 0. The number of hydrogen-bond acceptors (Lipinski definition) is 2. The lowest BCUT2D eigenvalue weighted by molar-refractivity contribution is -0.109. The van der Waals surface area contributed by atoms with E-state index < -0.39 is 0 Å². The predicted octanol–water partition coefficient (Wildman–Crippen LogP) is 3.44. The number of carbonyl (C=O) groups excluding carboxylic acids is 1. The fraction of sp³-hybridized carbons (Fsp3) is 0.818. The van der Waals surface area contributed by atoms with Crippen molar-refractivity contribution in [1.29, 1.82) is 0 Å². The van der Waals surface area contributed by atoms with Gasteiger partial charge >= 0.3 is 0 Å². The lowest BCUT2D eigenvalue weighted by Gasteiger charge is -2.26. The Bertz CT molecular complexity index is 159. The standard InChI is InChI=1S/C11H19OS/c1-3-10-4-6-11(7-5-10)8-13-9(2)12/h10H,3-8H2,1-2H3. The van der Waals surface area contributed by atoms with Gasteiger partial charge in [0.2, 0.25) is 0 Å². The maximum atomic E-state index is 10.8. The summed E-state index contributed by atoms with van der Waals surface area (Å²) in [6.45, 7) is 3.93. The van der Waals surface area contributed by atoms with Crippen LogP contribution in [-0.2, 0) is 4.79 Å². The van der Waals surface area contributed by atoms with Gasteiger partial charge in [-0.1, -0.05) is 25.1 Å². The van der Waals surface area contributed by atoms with Gasteiger partial charge < -0.3 is 0 Å². The molecular weight excluding hydrogens is 180 g/mol. The molecular formula is C11H19OS. The highest BCUT2D eigenvalue weighted by atomic mass is 32.2. The topological polar surface area (TPSA) is 17.1 Å². The van der Waals surface area contributed by atoms with E-state index in [0.717, 1.165) is 11.7 Å². The summed E-state index contributed by atoms with van der Waals surface area (Å²) in [7, 11) is 0. The Morgan fingerprint density at radius 2 is 2.08 bits per heavy atom. The van der Waals surface area contributed by atoms with Crippen molar-refractivity contribution < 1.29 is 4.79 Å². The summed E-state index contributed by atoms with van der Waals surface area (Å²) in [4.78, 5) is 10.8. The van der Waals surface area contributed by atoms with Gasteiger partial charge in [0.25, 0.3) is 0 Å². The summed E-state index contributed by atoms with van der Waals surface area (Å²) in [6, 6.07) is 0. The lowest BCUT2D eigenvalue weighted by Crippen LogP contribution is -2.14. The summed E-state index contributed by atoms with van der Waals surface area (Å²) >= 11 is 1.47. The van der Waals surface area contributed by atoms with Crippen LogP contribution in [0.25, 0.3) is 0 Å². The number of carbonyl (C=O) groups is 1. The van der Waals surface area contributed by atoms with Gasteiger partial charge in [-0.3, -0.25) is 4.79 Å². The summed E-state index contributed by atoms with van der Waals surface area (Å²) in [5, 5.41) is 0.255. The molecule has 0 atom stereocenters. The molecule has 13 heavy (non-hydrogen) atoms. The largest absolute Gasteiger partial charge is 0.288 e. The molecule has 0 aliphatic heterocycles. The number of rotatable bonds is 3. The molecule has 1 fully saturated rings. The summed E-state index contributed by atoms with van der Waals surface area (Å²) < 4.78 is 0. The van der Waals surface area contributed by atoms with Crippen molar-refractivity contribution in [3.05, 3.63) is 5.92 Å². The Balaban J connectivity index is 2.14. The Kier molecular flexibility index (Phi) is 4.86. The van der Waals surface area contributed by atoms with E-state index in [1.54, 1.807) is 12.8 Å². The Hall–Kier alpha value is 0.0200. The number of thioether (sulfide) groups is 1. The van der Waals surface area contributed by atoms with Gasteiger partial charge in [0.1, 0.15) is 0 Å². The zero-order valence-electron chi connectivity index (χ0n) is 8.64. The fourth-order valence-corrected chi connectivity index (χ4v) is 2.54. The maximum Gasteiger partial charge on any atom is 0.185 e. The molecule has 0 aromatic rings. The second kappa shape index (κ2) is 5.69. The lowest BCUT2D eigenvalue weighted by atomic mass is 9.82. The maximum absolute atomic E-state index is 10.8. The van der Waals surface area contributed by atoms with E-state index in [1.165, 1.54) is 43.9 Å². The second-order valence-electron chi connectivity index (χ2n) is 3.88. The molecule has 0 bridgehead atoms. The average Bonchev–Trinajstić information content (AvgIpc) is 2.15. The smallest absolute Gasteiger partial charge is 0.185 e. The van der Waals surface area contributed by atoms with Crippen LogP contribution < -0.4 is 0 Å². The SMILES string of the molecule is CCC1CC[C](CSC(C)=O)CC1. The highest BCUT2D eigenvalue weighted by molar-refractivity contribution is 8.13. The molecule has 0 heterocycles. The molecule has 1 aliphatic carbocycles. The van der Waals surface area contributed by atoms with Crippen molar-refractivity contribution >= 4 is 16.9 Å². The van der Waals surface area contributed by atoms with E-state index >= 15 is 0 Å². The van der Waals surface area contributed by atoms with Crippen molar-refractivity contribution in [3.63, 3.8) is 0 Å². The van der Waals surface area contributed by atoms with Crippen molar-refractivity contribution in [2.45, 2.75) is 46.0 Å². The van der Waals surface area contributed by atoms with Crippen LogP contribution in [0.15, 0.2) is 0 Å². The molecule has 2 heteroatoms. The average molecular weight is 199 g/mol. The molecule has 75 valence electrons. The molecule has 1 radical (unpaired) electrons. The van der Waals surface area contributed by atoms with Crippen LogP contribution in [0, 0.1) is 11.8 Å². The van der Waals surface area contributed by atoms with Crippen LogP contribution >= 0.6 is 11.8 Å². The molecule has 0 amide bonds. The highest BCUT2D eigenvalue weighted by Gasteiger charge is 2.20. The minimum Gasteiger partial charge on any atom is -0.288 e. The van der Waals surface area contributed by atoms with E-state index in [1.807, 2.05) is 0 Å². The van der Waals surface area contributed by atoms with Crippen LogP contribution in [0.5, 0.6) is 0 Å². The van der Waals surface area contributed by atoms with Gasteiger partial charge in [-0.05, 0) is 37.5 Å². The van der Waals surface area contributed by atoms with Gasteiger partial charge in [-0.2, -0.15) is 0 Å². The van der Waals surface area contributed by atoms with E-state index in [2.05, 4.69) is 6.92 Å². The van der Waals surface area contributed by atoms with E-state index in [9.17, 15) is 4.79 Å². The van der Waals surface area contributed by atoms with E-state index in [-0.39, 0.29) is 5.12 Å². The monoisotopic (exact) mass is 199 g/mol. The van der Waals surface area contributed by atoms with Crippen molar-refractivity contribution in [1.82, 2.24) is 0 Å². The fourth-order valence-electron chi connectivity index (χ4n) is 1.84. The Labute approximate surface area is 85.7 Å². The molecule has 0 aromatic heterocycles. The highest BCUT2D eigenvalue weighted by Crippen LogP contribution is 2.33. The molecule has 0 unspecified atom stereocenters. The van der Waals surface area contributed by atoms with Crippen molar-refractivity contribution in [3.8, 4) is 0 Å². The quantitative estimate of drug-likeness (QED) is 0.692. The molecule has 0 saturated heterocycles. The third-order valence-corrected chi connectivity index (χ3v) is 3.83. The minimum atomic E-state index is 0.255. The molecule has 1 nitrogen and oxygen atoms in total. The van der Waals surface area contributed by atoms with Crippen molar-refractivity contribution in [2.75, 3.05) is 5.75 Å². The van der Waals surface area contributed by atoms with E-state index in [4.69, 9.17) is 0 Å². The van der Waals surface area contributed by atoms with Crippen LogP contribution in [-0.4, -0.2) is 10.9 Å². The van der Waals surface area contributed by atoms with Crippen LogP contribution in [0.4, 0.5) is 0 Å². The van der Waals surface area contributed by atoms with Gasteiger partial charge in [0, 0.05) is 12.7 Å². The molecule has 0 aromatic carbocycles. The first-order valence-corrected chi connectivity index (χ1v) is 6.18. The third-order valence-electron chi connectivity index (χ3n) is 2.87. The minimum absolute atomic E-state index is 0.255. The van der Waals surface area contributed by atoms with Gasteiger partial charge in [0.05, 0.1) is 0 Å². The van der Waals surface area contributed by atoms with Gasteiger partial charge in [-0.25, -0.2) is 0 Å². The zero-order valence-corrected chi connectivity index (χ0v) is 9.45. The van der Waals surface area contributed by atoms with Crippen LogP contribution in [0.2, 0.25) is 0 Å². The summed E-state index contributed by atoms with van der Waals surface area (Å²) in [6.07, 6.45) is 6.55. The molecule has 0 N–H and O–H groups in total. The first kappa shape index (κ1) is 11.1. The van der Waals surface area contributed by atoms with Gasteiger partial charge in [-0.15, -0.1) is 0 Å². The predicted molar refractivity (Wildman–Crippen MR) is 58.6 cm³/mol. The third kappa shape index (κ3) is 4.17. The Morgan fingerprint density at radius 3 is 2.54 bits per heavy atom. The number of hydrogen-bond donors (Lipinski definition) is 0. The van der Waals surface area contributed by atoms with Crippen molar-refractivity contribution in [2.24, 2.45) is 5.92 Å². The first-order valence-electron chi connectivity index (χ1n) is 5.19.